The van der Waals surface area contributed by atoms with E-state index >= 15 is 0 Å². The van der Waals surface area contributed by atoms with E-state index in [-0.39, 0.29) is 30.8 Å². The van der Waals surface area contributed by atoms with E-state index in [0.29, 0.717) is 18.8 Å². The van der Waals surface area contributed by atoms with Gasteiger partial charge in [-0.25, -0.2) is 4.39 Å². The topological polar surface area (TPSA) is 50.8 Å². The lowest BCUT2D eigenvalue weighted by Crippen LogP contribution is -2.49. The Morgan fingerprint density at radius 1 is 1.23 bits per heavy atom. The second-order valence-corrected chi connectivity index (χ2v) is 6.10. The zero-order chi connectivity index (χ0) is 18.4. The summed E-state index contributed by atoms with van der Waals surface area (Å²) < 4.78 is 23.9. The Hall–Kier alpha value is -2.60. The first-order valence-electron chi connectivity index (χ1n) is 8.70. The number of nitrogens with one attached hydrogen (secondary N) is 1. The summed E-state index contributed by atoms with van der Waals surface area (Å²) in [5.41, 5.74) is 0.995. The van der Waals surface area contributed by atoms with Gasteiger partial charge in [-0.15, -0.1) is 0 Å². The molecule has 1 heterocycles. The largest absolute Gasteiger partial charge is 0.496 e. The number of hydrogen-bond acceptors (Lipinski definition) is 4. The monoisotopic (exact) mass is 358 g/mol. The van der Waals surface area contributed by atoms with Gasteiger partial charge in [-0.05, 0) is 30.3 Å². The van der Waals surface area contributed by atoms with Crippen molar-refractivity contribution in [3.05, 3.63) is 59.9 Å². The van der Waals surface area contributed by atoms with Gasteiger partial charge in [0.2, 0.25) is 5.91 Å². The Morgan fingerprint density at radius 2 is 2.00 bits per heavy atom. The van der Waals surface area contributed by atoms with Crippen molar-refractivity contribution in [3.8, 4) is 11.5 Å². The van der Waals surface area contributed by atoms with Crippen LogP contribution in [0, 0.1) is 5.82 Å². The Balaban J connectivity index is 1.63. The van der Waals surface area contributed by atoms with E-state index in [4.69, 9.17) is 9.47 Å². The molecule has 1 amide bonds. The summed E-state index contributed by atoms with van der Waals surface area (Å²) in [6.45, 7) is 2.34. The molecule has 0 saturated carbocycles. The van der Waals surface area contributed by atoms with Crippen LogP contribution in [0.5, 0.6) is 11.5 Å². The number of nitrogens with zero attached hydrogens (tertiary/aromatic N) is 1. The van der Waals surface area contributed by atoms with E-state index in [1.165, 1.54) is 12.1 Å². The first kappa shape index (κ1) is 18.2. The maximum Gasteiger partial charge on any atom is 0.226 e. The van der Waals surface area contributed by atoms with Crippen molar-refractivity contribution >= 4 is 5.91 Å². The zero-order valence-electron chi connectivity index (χ0n) is 14.8. The molecule has 0 spiro atoms. The van der Waals surface area contributed by atoms with Gasteiger partial charge in [0.05, 0.1) is 26.2 Å². The average Bonchev–Trinajstić information content (AvgIpc) is 2.69. The van der Waals surface area contributed by atoms with E-state index in [1.807, 2.05) is 29.2 Å². The number of amides is 1. The fraction of sp³-hybridized carbons (Fsp3) is 0.350. The van der Waals surface area contributed by atoms with Crippen LogP contribution in [0.2, 0.25) is 0 Å². The molecule has 0 bridgehead atoms. The molecule has 2 aromatic carbocycles. The van der Waals surface area contributed by atoms with Crippen LogP contribution in [-0.2, 0) is 4.79 Å². The molecule has 138 valence electrons. The van der Waals surface area contributed by atoms with E-state index in [1.54, 1.807) is 19.2 Å². The average molecular weight is 358 g/mol. The van der Waals surface area contributed by atoms with Gasteiger partial charge >= 0.3 is 0 Å². The molecule has 3 rings (SSSR count). The summed E-state index contributed by atoms with van der Waals surface area (Å²) in [5, 5.41) is 3.34. The van der Waals surface area contributed by atoms with Crippen LogP contribution >= 0.6 is 0 Å². The van der Waals surface area contributed by atoms with Gasteiger partial charge in [0.1, 0.15) is 17.3 Å². The van der Waals surface area contributed by atoms with Crippen LogP contribution in [0.15, 0.2) is 48.5 Å². The highest BCUT2D eigenvalue weighted by Crippen LogP contribution is 2.30. The van der Waals surface area contributed by atoms with Gasteiger partial charge in [0.15, 0.2) is 0 Å². The number of rotatable bonds is 6. The smallest absolute Gasteiger partial charge is 0.226 e. The van der Waals surface area contributed by atoms with Gasteiger partial charge in [0.25, 0.3) is 0 Å². The van der Waals surface area contributed by atoms with Crippen molar-refractivity contribution in [3.63, 3.8) is 0 Å². The Kier molecular flexibility index (Phi) is 6.07. The first-order valence-corrected chi connectivity index (χ1v) is 8.70. The first-order chi connectivity index (χ1) is 12.7. The van der Waals surface area contributed by atoms with Crippen LogP contribution in [0.3, 0.4) is 0 Å². The number of para-hydroxylation sites is 1. The zero-order valence-corrected chi connectivity index (χ0v) is 14.8. The highest BCUT2D eigenvalue weighted by Gasteiger charge is 2.29. The summed E-state index contributed by atoms with van der Waals surface area (Å²) in [5.74, 6) is 1.06. The molecule has 6 heteroatoms. The molecule has 1 saturated heterocycles. The van der Waals surface area contributed by atoms with Crippen LogP contribution in [0.4, 0.5) is 4.39 Å². The van der Waals surface area contributed by atoms with Crippen LogP contribution < -0.4 is 14.8 Å². The van der Waals surface area contributed by atoms with Crippen LogP contribution in [0.25, 0.3) is 0 Å². The summed E-state index contributed by atoms with van der Waals surface area (Å²) in [4.78, 5) is 14.6. The Morgan fingerprint density at radius 3 is 2.77 bits per heavy atom. The summed E-state index contributed by atoms with van der Waals surface area (Å²) in [6.07, 6.45) is 0.267. The molecular formula is C20H23FN2O3. The van der Waals surface area contributed by atoms with Gasteiger partial charge in [-0.1, -0.05) is 18.2 Å². The molecule has 1 atom stereocenters. The molecule has 5 nitrogen and oxygen atoms in total. The summed E-state index contributed by atoms with van der Waals surface area (Å²) in [7, 11) is 1.64. The minimum absolute atomic E-state index is 0.0320. The quantitative estimate of drug-likeness (QED) is 0.863. The molecule has 1 aliphatic rings. The number of hydrogen-bond donors (Lipinski definition) is 1. The molecule has 2 aromatic rings. The highest BCUT2D eigenvalue weighted by atomic mass is 19.1. The standard InChI is InChI=1S/C20H23FN2O3/c1-25-19-5-3-2-4-17(19)18-14-22-11-12-23(18)20(24)10-13-26-16-8-6-15(21)7-9-16/h2-9,18,22H,10-14H2,1H3. The number of ether oxygens (including phenoxy) is 2. The molecule has 0 aliphatic carbocycles. The molecule has 1 fully saturated rings. The maximum absolute atomic E-state index is 12.9. The molecular weight excluding hydrogens is 335 g/mol. The molecule has 26 heavy (non-hydrogen) atoms. The minimum atomic E-state index is -0.311. The highest BCUT2D eigenvalue weighted by molar-refractivity contribution is 5.77. The van der Waals surface area contributed by atoms with Crippen LogP contribution in [-0.4, -0.2) is 44.2 Å². The van der Waals surface area contributed by atoms with Crippen molar-refractivity contribution in [1.29, 1.82) is 0 Å². The summed E-state index contributed by atoms with van der Waals surface area (Å²) in [6, 6.07) is 13.5. The maximum atomic E-state index is 12.9. The minimum Gasteiger partial charge on any atom is -0.496 e. The summed E-state index contributed by atoms with van der Waals surface area (Å²) >= 11 is 0. The van der Waals surface area contributed by atoms with Crippen molar-refractivity contribution in [1.82, 2.24) is 10.2 Å². The third-order valence-corrected chi connectivity index (χ3v) is 4.46. The lowest BCUT2D eigenvalue weighted by Gasteiger charge is -2.37. The Bertz CT molecular complexity index is 736. The van der Waals surface area contributed by atoms with Crippen LogP contribution in [0.1, 0.15) is 18.0 Å². The van der Waals surface area contributed by atoms with Crippen molar-refractivity contribution in [2.24, 2.45) is 0 Å². The lowest BCUT2D eigenvalue weighted by molar-refractivity contribution is -0.135. The SMILES string of the molecule is COc1ccccc1C1CNCCN1C(=O)CCOc1ccc(F)cc1. The molecule has 0 aromatic heterocycles. The third kappa shape index (κ3) is 4.32. The number of piperazine rings is 1. The number of halogens is 1. The lowest BCUT2D eigenvalue weighted by atomic mass is 10.0. The van der Waals surface area contributed by atoms with Gasteiger partial charge < -0.3 is 19.7 Å². The van der Waals surface area contributed by atoms with E-state index < -0.39 is 0 Å². The molecule has 1 unspecified atom stereocenters. The van der Waals surface area contributed by atoms with Gasteiger partial charge in [-0.2, -0.15) is 0 Å². The van der Waals surface area contributed by atoms with E-state index in [2.05, 4.69) is 5.32 Å². The van der Waals surface area contributed by atoms with Crippen molar-refractivity contribution < 1.29 is 18.7 Å². The fourth-order valence-electron chi connectivity index (χ4n) is 3.15. The number of carbonyl (C=O) groups excluding carboxylic acids is 1. The van der Waals surface area contributed by atoms with Gasteiger partial charge in [-0.3, -0.25) is 4.79 Å². The molecule has 1 N–H and O–H groups in total. The molecule has 1 aliphatic heterocycles. The predicted molar refractivity (Wildman–Crippen MR) is 96.8 cm³/mol. The fourth-order valence-corrected chi connectivity index (χ4v) is 3.15. The normalized spacial score (nSPS) is 17.0. The number of carbonyl (C=O) groups is 1. The van der Waals surface area contributed by atoms with E-state index in [9.17, 15) is 9.18 Å². The third-order valence-electron chi connectivity index (χ3n) is 4.46. The Labute approximate surface area is 152 Å². The van der Waals surface area contributed by atoms with Gasteiger partial charge in [0, 0.05) is 25.2 Å². The van der Waals surface area contributed by atoms with Crippen molar-refractivity contribution in [2.75, 3.05) is 33.4 Å². The molecule has 0 radical (unpaired) electrons. The second-order valence-electron chi connectivity index (χ2n) is 6.10. The predicted octanol–water partition coefficient (Wildman–Crippen LogP) is 2.78. The number of methoxy groups -OCH3 is 1. The van der Waals surface area contributed by atoms with E-state index in [0.717, 1.165) is 17.9 Å². The number of benzene rings is 2. The van der Waals surface area contributed by atoms with Crippen molar-refractivity contribution in [2.45, 2.75) is 12.5 Å². The second kappa shape index (κ2) is 8.67.